The number of allylic oxidation sites excluding steroid dienone is 2. The molecule has 1 aliphatic carbocycles. The fourth-order valence-corrected chi connectivity index (χ4v) is 1.65. The van der Waals surface area contributed by atoms with Crippen LogP contribution in [0.3, 0.4) is 0 Å². The summed E-state index contributed by atoms with van der Waals surface area (Å²) in [7, 11) is 0. The lowest BCUT2D eigenvalue weighted by molar-refractivity contribution is 0.532. The number of nitrogens with zero attached hydrogens (tertiary/aromatic N) is 1. The molecule has 0 radical (unpaired) electrons. The third kappa shape index (κ3) is 2.37. The molecule has 0 aromatic heterocycles. The molecule has 0 spiro atoms. The molecular weight excluding hydrogens is 146 g/mol. The Labute approximate surface area is 75.1 Å². The first-order valence-corrected chi connectivity index (χ1v) is 4.61. The monoisotopic (exact) mass is 163 g/mol. The van der Waals surface area contributed by atoms with Crippen LogP contribution in [-0.2, 0) is 0 Å². The molecule has 0 bridgehead atoms. The van der Waals surface area contributed by atoms with Crippen molar-refractivity contribution in [1.29, 1.82) is 5.26 Å². The minimum Gasteiger partial charge on any atom is -0.193 e. The molecule has 0 saturated heterocycles. The van der Waals surface area contributed by atoms with E-state index in [1.54, 1.807) is 6.08 Å². The van der Waals surface area contributed by atoms with E-state index in [4.69, 9.17) is 5.26 Å². The van der Waals surface area contributed by atoms with Crippen LogP contribution in [0.1, 0.15) is 40.0 Å². The molecule has 1 rings (SSSR count). The van der Waals surface area contributed by atoms with Crippen molar-refractivity contribution in [3.63, 3.8) is 0 Å². The van der Waals surface area contributed by atoms with Crippen LogP contribution in [0.5, 0.6) is 0 Å². The number of nitriles is 1. The summed E-state index contributed by atoms with van der Waals surface area (Å²) in [5, 5.41) is 8.39. The normalized spacial score (nSPS) is 26.5. The van der Waals surface area contributed by atoms with Gasteiger partial charge in [0.05, 0.1) is 6.07 Å². The molecule has 1 nitrogen and oxygen atoms in total. The second-order valence-corrected chi connectivity index (χ2v) is 4.55. The van der Waals surface area contributed by atoms with Crippen molar-refractivity contribution in [2.45, 2.75) is 40.0 Å². The number of hydrogen-bond donors (Lipinski definition) is 0. The van der Waals surface area contributed by atoms with E-state index in [-0.39, 0.29) is 0 Å². The Morgan fingerprint density at radius 2 is 2.25 bits per heavy atom. The molecule has 66 valence electrons. The van der Waals surface area contributed by atoms with E-state index < -0.39 is 0 Å². The summed E-state index contributed by atoms with van der Waals surface area (Å²) in [5.74, 6) is 0.902. The van der Waals surface area contributed by atoms with E-state index >= 15 is 0 Å². The summed E-state index contributed by atoms with van der Waals surface area (Å²) >= 11 is 0. The van der Waals surface area contributed by atoms with Gasteiger partial charge in [-0.05, 0) is 37.5 Å². The van der Waals surface area contributed by atoms with Gasteiger partial charge in [0.1, 0.15) is 0 Å². The smallest absolute Gasteiger partial charge is 0.0911 e. The highest BCUT2D eigenvalue weighted by Crippen LogP contribution is 2.54. The zero-order chi connectivity index (χ0) is 9.19. The van der Waals surface area contributed by atoms with Crippen LogP contribution < -0.4 is 0 Å². The van der Waals surface area contributed by atoms with Gasteiger partial charge in [-0.15, -0.1) is 0 Å². The quantitative estimate of drug-likeness (QED) is 0.586. The topological polar surface area (TPSA) is 23.8 Å². The molecule has 0 heterocycles. The lowest BCUT2D eigenvalue weighted by Crippen LogP contribution is -1.90. The van der Waals surface area contributed by atoms with E-state index in [0.717, 1.165) is 12.3 Å². The van der Waals surface area contributed by atoms with Gasteiger partial charge in [0.15, 0.2) is 0 Å². The lowest BCUT2D eigenvalue weighted by atomic mass is 10.0. The Morgan fingerprint density at radius 3 is 2.67 bits per heavy atom. The van der Waals surface area contributed by atoms with Crippen LogP contribution in [0.25, 0.3) is 0 Å². The molecule has 1 fully saturated rings. The van der Waals surface area contributed by atoms with Crippen LogP contribution >= 0.6 is 0 Å². The number of rotatable bonds is 3. The second kappa shape index (κ2) is 3.31. The molecule has 0 unspecified atom stereocenters. The summed E-state index contributed by atoms with van der Waals surface area (Å²) in [6, 6.07) is 2.07. The van der Waals surface area contributed by atoms with Crippen molar-refractivity contribution in [3.8, 4) is 6.07 Å². The largest absolute Gasteiger partial charge is 0.193 e. The van der Waals surface area contributed by atoms with Crippen LogP contribution in [0.2, 0.25) is 0 Å². The van der Waals surface area contributed by atoms with E-state index in [2.05, 4.69) is 19.9 Å². The zero-order valence-electron chi connectivity index (χ0n) is 8.22. The summed E-state index contributed by atoms with van der Waals surface area (Å²) in [5.41, 5.74) is 1.81. The molecule has 0 aromatic rings. The Bertz CT molecular complexity index is 230. The summed E-state index contributed by atoms with van der Waals surface area (Å²) in [6.07, 6.45) is 5.39. The first kappa shape index (κ1) is 9.32. The second-order valence-electron chi connectivity index (χ2n) is 4.55. The highest BCUT2D eigenvalue weighted by molar-refractivity contribution is 5.11. The van der Waals surface area contributed by atoms with Gasteiger partial charge in [-0.3, -0.25) is 0 Å². The SMILES string of the molecule is C/C(=C\C#N)CC[C@@H]1CC1(C)C. The van der Waals surface area contributed by atoms with E-state index in [0.29, 0.717) is 5.41 Å². The Kier molecular flexibility index (Phi) is 2.57. The lowest BCUT2D eigenvalue weighted by Gasteiger charge is -2.02. The van der Waals surface area contributed by atoms with E-state index in [1.165, 1.54) is 18.4 Å². The van der Waals surface area contributed by atoms with Crippen LogP contribution in [0, 0.1) is 22.7 Å². The van der Waals surface area contributed by atoms with Gasteiger partial charge < -0.3 is 0 Å². The third-order valence-corrected chi connectivity index (χ3v) is 2.92. The Balaban J connectivity index is 2.21. The van der Waals surface area contributed by atoms with Crippen molar-refractivity contribution in [2.75, 3.05) is 0 Å². The molecule has 1 atom stereocenters. The van der Waals surface area contributed by atoms with Crippen LogP contribution in [-0.4, -0.2) is 0 Å². The van der Waals surface area contributed by atoms with E-state index in [1.807, 2.05) is 6.92 Å². The maximum Gasteiger partial charge on any atom is 0.0911 e. The maximum atomic E-state index is 8.39. The van der Waals surface area contributed by atoms with Crippen molar-refractivity contribution < 1.29 is 0 Å². The molecule has 1 heteroatoms. The molecular formula is C11H17N. The molecule has 0 N–H and O–H groups in total. The van der Waals surface area contributed by atoms with Gasteiger partial charge in [-0.2, -0.15) is 5.26 Å². The number of hydrogen-bond acceptors (Lipinski definition) is 1. The average molecular weight is 163 g/mol. The summed E-state index contributed by atoms with van der Waals surface area (Å²) in [6.45, 7) is 6.68. The molecule has 0 aromatic carbocycles. The minimum atomic E-state index is 0.590. The van der Waals surface area contributed by atoms with Gasteiger partial charge >= 0.3 is 0 Å². The average Bonchev–Trinajstić information content (AvgIpc) is 2.56. The van der Waals surface area contributed by atoms with Crippen molar-refractivity contribution in [2.24, 2.45) is 11.3 Å². The van der Waals surface area contributed by atoms with Gasteiger partial charge in [0.2, 0.25) is 0 Å². The van der Waals surface area contributed by atoms with Crippen LogP contribution in [0.4, 0.5) is 0 Å². The summed E-state index contributed by atoms with van der Waals surface area (Å²) in [4.78, 5) is 0. The predicted molar refractivity (Wildman–Crippen MR) is 50.5 cm³/mol. The van der Waals surface area contributed by atoms with Gasteiger partial charge in [0.25, 0.3) is 0 Å². The first-order valence-electron chi connectivity index (χ1n) is 4.61. The van der Waals surface area contributed by atoms with Crippen LogP contribution in [0.15, 0.2) is 11.6 Å². The predicted octanol–water partition coefficient (Wildman–Crippen LogP) is 3.28. The molecule has 12 heavy (non-hydrogen) atoms. The molecule has 0 aliphatic heterocycles. The maximum absolute atomic E-state index is 8.39. The van der Waals surface area contributed by atoms with Gasteiger partial charge in [-0.1, -0.05) is 19.4 Å². The fraction of sp³-hybridized carbons (Fsp3) is 0.727. The van der Waals surface area contributed by atoms with E-state index in [9.17, 15) is 0 Å². The Morgan fingerprint density at radius 1 is 1.67 bits per heavy atom. The van der Waals surface area contributed by atoms with Crippen molar-refractivity contribution in [1.82, 2.24) is 0 Å². The van der Waals surface area contributed by atoms with Crippen molar-refractivity contribution in [3.05, 3.63) is 11.6 Å². The van der Waals surface area contributed by atoms with Gasteiger partial charge in [0, 0.05) is 6.08 Å². The molecule has 1 saturated carbocycles. The van der Waals surface area contributed by atoms with Gasteiger partial charge in [-0.25, -0.2) is 0 Å². The minimum absolute atomic E-state index is 0.590. The first-order chi connectivity index (χ1) is 5.56. The fourth-order valence-electron chi connectivity index (χ4n) is 1.65. The third-order valence-electron chi connectivity index (χ3n) is 2.92. The highest BCUT2D eigenvalue weighted by Gasteiger charge is 2.44. The summed E-state index contributed by atoms with van der Waals surface area (Å²) < 4.78 is 0. The Hall–Kier alpha value is -0.770. The zero-order valence-corrected chi connectivity index (χ0v) is 8.22. The standard InChI is InChI=1S/C11H17N/c1-9(6-7-12)4-5-10-8-11(10,2)3/h6,10H,4-5,8H2,1-3H3/b9-6+/t10-/m1/s1. The molecule has 1 aliphatic rings. The van der Waals surface area contributed by atoms with Crippen molar-refractivity contribution >= 4 is 0 Å². The highest BCUT2D eigenvalue weighted by atomic mass is 14.5. The molecule has 0 amide bonds.